The fourth-order valence-electron chi connectivity index (χ4n) is 1.97. The van der Waals surface area contributed by atoms with E-state index in [2.05, 4.69) is 20.6 Å². The minimum absolute atomic E-state index is 0.0891. The second-order valence-corrected chi connectivity index (χ2v) is 4.78. The lowest BCUT2D eigenvalue weighted by Gasteiger charge is -2.10. The van der Waals surface area contributed by atoms with Crippen molar-refractivity contribution in [3.8, 4) is 5.82 Å². The molecule has 0 aromatic carbocycles. The van der Waals surface area contributed by atoms with E-state index < -0.39 is 0 Å². The van der Waals surface area contributed by atoms with Crippen LogP contribution in [0.4, 0.5) is 5.82 Å². The number of anilines is 1. The number of nitrogens with one attached hydrogen (secondary N) is 2. The van der Waals surface area contributed by atoms with Crippen LogP contribution in [-0.4, -0.2) is 33.5 Å². The van der Waals surface area contributed by atoms with Crippen LogP contribution in [0.2, 0.25) is 0 Å². The van der Waals surface area contributed by atoms with Gasteiger partial charge in [0.15, 0.2) is 0 Å². The van der Waals surface area contributed by atoms with Crippen molar-refractivity contribution in [1.82, 2.24) is 19.9 Å². The van der Waals surface area contributed by atoms with Gasteiger partial charge in [0, 0.05) is 38.0 Å². The number of carbonyl (C=O) groups is 1. The molecule has 0 bridgehead atoms. The molecule has 6 nitrogen and oxygen atoms in total. The molecule has 0 atom stereocenters. The summed E-state index contributed by atoms with van der Waals surface area (Å²) in [5.74, 6) is 2.38. The smallest absolute Gasteiger partial charge is 0.220 e. The van der Waals surface area contributed by atoms with Crippen molar-refractivity contribution in [3.05, 3.63) is 36.4 Å². The Morgan fingerprint density at radius 2 is 2.00 bits per heavy atom. The highest BCUT2D eigenvalue weighted by Gasteiger charge is 2.03. The predicted octanol–water partition coefficient (Wildman–Crippen LogP) is 1.90. The Morgan fingerprint density at radius 3 is 2.71 bits per heavy atom. The normalized spacial score (nSPS) is 10.4. The van der Waals surface area contributed by atoms with E-state index in [-0.39, 0.29) is 5.91 Å². The van der Waals surface area contributed by atoms with Crippen LogP contribution in [0, 0.1) is 6.92 Å². The van der Waals surface area contributed by atoms with Crippen molar-refractivity contribution in [1.29, 1.82) is 0 Å². The molecule has 2 aromatic rings. The third-order valence-corrected chi connectivity index (χ3v) is 2.92. The molecule has 0 spiro atoms. The van der Waals surface area contributed by atoms with Crippen LogP contribution >= 0.6 is 0 Å². The van der Waals surface area contributed by atoms with Crippen LogP contribution in [0.15, 0.2) is 30.6 Å². The fourth-order valence-corrected chi connectivity index (χ4v) is 1.97. The van der Waals surface area contributed by atoms with Crippen molar-refractivity contribution >= 4 is 11.7 Å². The third-order valence-electron chi connectivity index (χ3n) is 2.92. The largest absolute Gasteiger partial charge is 0.368 e. The molecule has 2 N–H and O–H groups in total. The summed E-state index contributed by atoms with van der Waals surface area (Å²) in [4.78, 5) is 20.1. The Morgan fingerprint density at radius 1 is 1.24 bits per heavy atom. The van der Waals surface area contributed by atoms with Crippen LogP contribution in [0.5, 0.6) is 0 Å². The van der Waals surface area contributed by atoms with Crippen LogP contribution in [0.25, 0.3) is 5.82 Å². The van der Waals surface area contributed by atoms with Gasteiger partial charge in [-0.15, -0.1) is 0 Å². The van der Waals surface area contributed by atoms with Crippen molar-refractivity contribution < 1.29 is 4.79 Å². The molecule has 0 aliphatic rings. The van der Waals surface area contributed by atoms with Gasteiger partial charge in [-0.05, 0) is 25.5 Å². The minimum atomic E-state index is 0.0891. The summed E-state index contributed by atoms with van der Waals surface area (Å²) in [7, 11) is 0. The molecule has 21 heavy (non-hydrogen) atoms. The van der Waals surface area contributed by atoms with Gasteiger partial charge in [-0.2, -0.15) is 0 Å². The van der Waals surface area contributed by atoms with E-state index in [0.29, 0.717) is 25.3 Å². The molecule has 2 heterocycles. The Hall–Kier alpha value is -2.37. The number of aryl methyl sites for hydroxylation is 1. The topological polar surface area (TPSA) is 71.8 Å². The molecule has 6 heteroatoms. The molecule has 112 valence electrons. The van der Waals surface area contributed by atoms with E-state index in [0.717, 1.165) is 18.1 Å². The first-order valence-electron chi connectivity index (χ1n) is 7.18. The van der Waals surface area contributed by atoms with Gasteiger partial charge in [0.1, 0.15) is 17.5 Å². The van der Waals surface area contributed by atoms with Gasteiger partial charge >= 0.3 is 0 Å². The zero-order valence-electron chi connectivity index (χ0n) is 12.5. The van der Waals surface area contributed by atoms with Gasteiger partial charge in [-0.25, -0.2) is 9.97 Å². The molecule has 2 aromatic heterocycles. The zero-order chi connectivity index (χ0) is 15.1. The lowest BCUT2D eigenvalue weighted by Crippen LogP contribution is -2.28. The number of hydrogen-bond donors (Lipinski definition) is 2. The number of aromatic nitrogens is 3. The van der Waals surface area contributed by atoms with Gasteiger partial charge in [-0.1, -0.05) is 6.92 Å². The maximum Gasteiger partial charge on any atom is 0.220 e. The lowest BCUT2D eigenvalue weighted by molar-refractivity contribution is -0.121. The van der Waals surface area contributed by atoms with Crippen molar-refractivity contribution in [2.24, 2.45) is 0 Å². The first-order chi connectivity index (χ1) is 10.2. The molecule has 0 fully saturated rings. The fraction of sp³-hybridized carbons (Fsp3) is 0.400. The number of nitrogens with zero attached hydrogens (tertiary/aromatic N) is 3. The van der Waals surface area contributed by atoms with Gasteiger partial charge in [0.2, 0.25) is 5.91 Å². The molecule has 0 aliphatic heterocycles. The summed E-state index contributed by atoms with van der Waals surface area (Å²) in [5, 5.41) is 6.07. The zero-order valence-corrected chi connectivity index (χ0v) is 12.5. The average molecular weight is 287 g/mol. The highest BCUT2D eigenvalue weighted by Crippen LogP contribution is 2.10. The van der Waals surface area contributed by atoms with E-state index in [4.69, 9.17) is 0 Å². The van der Waals surface area contributed by atoms with Gasteiger partial charge in [0.25, 0.3) is 0 Å². The Bertz CT molecular complexity index is 580. The predicted molar refractivity (Wildman–Crippen MR) is 82.5 cm³/mol. The van der Waals surface area contributed by atoms with Gasteiger partial charge < -0.3 is 15.2 Å². The van der Waals surface area contributed by atoms with Gasteiger partial charge in [-0.3, -0.25) is 4.79 Å². The summed E-state index contributed by atoms with van der Waals surface area (Å²) in [5.41, 5.74) is 0. The average Bonchev–Trinajstić information content (AvgIpc) is 2.97. The van der Waals surface area contributed by atoms with Crippen molar-refractivity contribution in [3.63, 3.8) is 0 Å². The van der Waals surface area contributed by atoms with Crippen LogP contribution in [-0.2, 0) is 4.79 Å². The van der Waals surface area contributed by atoms with Gasteiger partial charge in [0.05, 0.1) is 0 Å². The number of hydrogen-bond acceptors (Lipinski definition) is 4. The maximum absolute atomic E-state index is 11.4. The highest BCUT2D eigenvalue weighted by atomic mass is 16.1. The standard InChI is InChI=1S/C15H21N5O/c1-3-6-15(21)17-8-7-16-13-11-14(19-12(2)18-13)20-9-4-5-10-20/h4-5,9-11H,3,6-8H2,1-2H3,(H,17,21)(H,16,18,19). The Labute approximate surface area is 124 Å². The van der Waals surface area contributed by atoms with Crippen molar-refractivity contribution in [2.45, 2.75) is 26.7 Å². The third kappa shape index (κ3) is 4.59. The first-order valence-corrected chi connectivity index (χ1v) is 7.18. The molecule has 0 saturated heterocycles. The lowest BCUT2D eigenvalue weighted by atomic mass is 10.3. The number of carbonyl (C=O) groups excluding carboxylic acids is 1. The second-order valence-electron chi connectivity index (χ2n) is 4.78. The first kappa shape index (κ1) is 15.0. The van der Waals surface area contributed by atoms with E-state index >= 15 is 0 Å². The molecular formula is C15H21N5O. The van der Waals surface area contributed by atoms with E-state index in [1.54, 1.807) is 0 Å². The van der Waals surface area contributed by atoms with E-state index in [9.17, 15) is 4.79 Å². The summed E-state index contributed by atoms with van der Waals surface area (Å²) in [6, 6.07) is 5.79. The molecule has 1 amide bonds. The summed E-state index contributed by atoms with van der Waals surface area (Å²) < 4.78 is 1.93. The molecule has 0 unspecified atom stereocenters. The minimum Gasteiger partial charge on any atom is -0.368 e. The summed E-state index contributed by atoms with van der Waals surface area (Å²) >= 11 is 0. The van der Waals surface area contributed by atoms with Crippen LogP contribution in [0.1, 0.15) is 25.6 Å². The molecule has 0 saturated carbocycles. The highest BCUT2D eigenvalue weighted by molar-refractivity contribution is 5.75. The number of amides is 1. The summed E-state index contributed by atoms with van der Waals surface area (Å²) in [6.07, 6.45) is 5.32. The SMILES string of the molecule is CCCC(=O)NCCNc1cc(-n2cccc2)nc(C)n1. The molecular weight excluding hydrogens is 266 g/mol. The monoisotopic (exact) mass is 287 g/mol. The number of rotatable bonds is 7. The van der Waals surface area contributed by atoms with E-state index in [1.807, 2.05) is 49.0 Å². The molecule has 2 rings (SSSR count). The Kier molecular flexibility index (Phi) is 5.31. The maximum atomic E-state index is 11.4. The Balaban J connectivity index is 1.90. The van der Waals surface area contributed by atoms with E-state index in [1.165, 1.54) is 0 Å². The van der Waals surface area contributed by atoms with Crippen LogP contribution in [0.3, 0.4) is 0 Å². The molecule has 0 radical (unpaired) electrons. The second kappa shape index (κ2) is 7.42. The van der Waals surface area contributed by atoms with Crippen LogP contribution < -0.4 is 10.6 Å². The quantitative estimate of drug-likeness (QED) is 0.763. The summed E-state index contributed by atoms with van der Waals surface area (Å²) in [6.45, 7) is 5.07. The molecule has 0 aliphatic carbocycles. The van der Waals surface area contributed by atoms with Crippen molar-refractivity contribution in [2.75, 3.05) is 18.4 Å².